The minimum Gasteiger partial charge on any atom is -0.264 e. The average molecular weight is 425 g/mol. The highest BCUT2D eigenvalue weighted by Crippen LogP contribution is 2.30. The van der Waals surface area contributed by atoms with E-state index < -0.39 is 10.0 Å². The first-order chi connectivity index (χ1) is 15.1. The zero-order chi connectivity index (χ0) is 21.3. The van der Waals surface area contributed by atoms with E-state index in [4.69, 9.17) is 0 Å². The van der Waals surface area contributed by atoms with Crippen LogP contribution in [0.3, 0.4) is 0 Å². The minimum absolute atomic E-state index is 0.187. The minimum atomic E-state index is -3.65. The molecule has 0 saturated heterocycles. The Labute approximate surface area is 181 Å². The van der Waals surface area contributed by atoms with Gasteiger partial charge in [0.1, 0.15) is 0 Å². The normalized spacial score (nSPS) is 11.7. The van der Waals surface area contributed by atoms with Gasteiger partial charge >= 0.3 is 0 Å². The quantitative estimate of drug-likeness (QED) is 0.403. The zero-order valence-corrected chi connectivity index (χ0v) is 17.5. The van der Waals surface area contributed by atoms with Crippen LogP contribution in [0.5, 0.6) is 0 Å². The highest BCUT2D eigenvalue weighted by atomic mass is 32.2. The lowest BCUT2D eigenvalue weighted by molar-refractivity contribution is 0.581. The van der Waals surface area contributed by atoms with E-state index in [9.17, 15) is 8.42 Å². The first kappa shape index (κ1) is 19.4. The molecule has 1 N–H and O–H groups in total. The fourth-order valence-electron chi connectivity index (χ4n) is 3.86. The van der Waals surface area contributed by atoms with Gasteiger partial charge < -0.3 is 0 Å². The van der Waals surface area contributed by atoms with Gasteiger partial charge in [0, 0.05) is 24.3 Å². The van der Waals surface area contributed by atoms with Crippen LogP contribution in [0, 0.1) is 0 Å². The maximum atomic E-state index is 12.9. The number of nitrogens with one attached hydrogen (secondary N) is 1. The fourth-order valence-corrected chi connectivity index (χ4v) is 4.90. The van der Waals surface area contributed by atoms with Crippen LogP contribution in [-0.4, -0.2) is 13.4 Å². The van der Waals surface area contributed by atoms with Gasteiger partial charge in [-0.3, -0.25) is 4.98 Å². The summed E-state index contributed by atoms with van der Waals surface area (Å²) in [6.45, 7) is 0.187. The van der Waals surface area contributed by atoms with Gasteiger partial charge in [-0.1, -0.05) is 72.8 Å². The Hall–Kier alpha value is -3.54. The summed E-state index contributed by atoms with van der Waals surface area (Å²) >= 11 is 0. The Bertz CT molecular complexity index is 1500. The summed E-state index contributed by atoms with van der Waals surface area (Å²) in [7, 11) is -3.65. The first-order valence-corrected chi connectivity index (χ1v) is 11.5. The average Bonchev–Trinajstić information content (AvgIpc) is 2.82. The van der Waals surface area contributed by atoms with E-state index >= 15 is 0 Å². The van der Waals surface area contributed by atoms with E-state index in [0.29, 0.717) is 0 Å². The van der Waals surface area contributed by atoms with Crippen LogP contribution in [0.2, 0.25) is 0 Å². The first-order valence-electron chi connectivity index (χ1n) is 10.0. The molecule has 5 aromatic rings. The van der Waals surface area contributed by atoms with Crippen LogP contribution in [0.1, 0.15) is 5.56 Å². The summed E-state index contributed by atoms with van der Waals surface area (Å²) in [6, 6.07) is 29.0. The summed E-state index contributed by atoms with van der Waals surface area (Å²) in [5, 5.41) is 3.89. The highest BCUT2D eigenvalue weighted by molar-refractivity contribution is 7.89. The van der Waals surface area contributed by atoms with Crippen molar-refractivity contribution in [3.8, 4) is 11.1 Å². The molecule has 0 aliphatic rings. The molecule has 5 rings (SSSR count). The molecule has 0 spiro atoms. The van der Waals surface area contributed by atoms with Crippen LogP contribution < -0.4 is 4.72 Å². The van der Waals surface area contributed by atoms with Gasteiger partial charge in [0.15, 0.2) is 0 Å². The third-order valence-corrected chi connectivity index (χ3v) is 6.88. The number of benzene rings is 4. The molecule has 31 heavy (non-hydrogen) atoms. The summed E-state index contributed by atoms with van der Waals surface area (Å²) in [4.78, 5) is 4.53. The van der Waals surface area contributed by atoms with Crippen molar-refractivity contribution in [3.63, 3.8) is 0 Å². The summed E-state index contributed by atoms with van der Waals surface area (Å²) < 4.78 is 28.6. The molecule has 4 aromatic carbocycles. The summed E-state index contributed by atoms with van der Waals surface area (Å²) in [5.74, 6) is 0. The second-order valence-corrected chi connectivity index (χ2v) is 9.16. The number of pyridine rings is 1. The van der Waals surface area contributed by atoms with Crippen molar-refractivity contribution >= 4 is 31.6 Å². The van der Waals surface area contributed by atoms with E-state index in [-0.39, 0.29) is 11.4 Å². The Kier molecular flexibility index (Phi) is 4.98. The van der Waals surface area contributed by atoms with Crippen molar-refractivity contribution in [2.24, 2.45) is 0 Å². The van der Waals surface area contributed by atoms with Crippen LogP contribution >= 0.6 is 0 Å². The van der Waals surface area contributed by atoms with E-state index in [1.807, 2.05) is 66.7 Å². The molecule has 0 aliphatic heterocycles. The predicted octanol–water partition coefficient (Wildman–Crippen LogP) is 5.53. The molecule has 0 amide bonds. The Morgan fingerprint density at radius 1 is 0.742 bits per heavy atom. The molecule has 0 bridgehead atoms. The molecule has 1 aromatic heterocycles. The van der Waals surface area contributed by atoms with Gasteiger partial charge in [0.2, 0.25) is 10.0 Å². The number of sulfonamides is 1. The maximum absolute atomic E-state index is 12.9. The molecular formula is C26H20N2O2S. The largest absolute Gasteiger partial charge is 0.264 e. The van der Waals surface area contributed by atoms with E-state index in [1.54, 1.807) is 24.5 Å². The van der Waals surface area contributed by atoms with Crippen molar-refractivity contribution in [1.29, 1.82) is 0 Å². The molecule has 0 unspecified atom stereocenters. The maximum Gasteiger partial charge on any atom is 0.240 e. The smallest absolute Gasteiger partial charge is 0.240 e. The third kappa shape index (κ3) is 3.81. The molecule has 0 atom stereocenters. The van der Waals surface area contributed by atoms with E-state index in [1.165, 1.54) is 0 Å². The standard InChI is InChI=1S/C26H20N2O2S/c29-31(30,23-12-10-19-6-4-5-9-21(19)16-23)28-17-22-11-13-24(20-7-2-1-3-8-20)25-14-15-27-18-26(22)25/h1-16,18,28H,17H2. The lowest BCUT2D eigenvalue weighted by Gasteiger charge is -2.13. The van der Waals surface area contributed by atoms with Crippen molar-refractivity contribution in [2.45, 2.75) is 11.4 Å². The topological polar surface area (TPSA) is 59.1 Å². The zero-order valence-electron chi connectivity index (χ0n) is 16.7. The van der Waals surface area contributed by atoms with Gasteiger partial charge in [0.25, 0.3) is 0 Å². The lowest BCUT2D eigenvalue weighted by Crippen LogP contribution is -2.23. The van der Waals surface area contributed by atoms with Crippen LogP contribution in [0.4, 0.5) is 0 Å². The Morgan fingerprint density at radius 3 is 2.35 bits per heavy atom. The number of nitrogens with zero attached hydrogens (tertiary/aromatic N) is 1. The SMILES string of the molecule is O=S(=O)(NCc1ccc(-c2ccccc2)c2ccncc12)c1ccc2ccccc2c1. The number of hydrogen-bond acceptors (Lipinski definition) is 3. The molecule has 0 fully saturated rings. The van der Waals surface area contributed by atoms with Crippen LogP contribution in [0.15, 0.2) is 108 Å². The summed E-state index contributed by atoms with van der Waals surface area (Å²) in [6.07, 6.45) is 3.55. The Balaban J connectivity index is 1.48. The van der Waals surface area contributed by atoms with E-state index in [2.05, 4.69) is 21.8 Å². The van der Waals surface area contributed by atoms with Gasteiger partial charge in [-0.25, -0.2) is 13.1 Å². The molecule has 5 heteroatoms. The number of fused-ring (bicyclic) bond motifs is 2. The number of hydrogen-bond donors (Lipinski definition) is 1. The summed E-state index contributed by atoms with van der Waals surface area (Å²) in [5.41, 5.74) is 3.09. The fraction of sp³-hybridized carbons (Fsp3) is 0.0385. The van der Waals surface area contributed by atoms with Crippen LogP contribution in [-0.2, 0) is 16.6 Å². The van der Waals surface area contributed by atoms with Gasteiger partial charge in [-0.2, -0.15) is 0 Å². The van der Waals surface area contributed by atoms with Gasteiger partial charge in [0.05, 0.1) is 4.90 Å². The third-order valence-electron chi connectivity index (χ3n) is 5.48. The van der Waals surface area contributed by atoms with Crippen molar-refractivity contribution < 1.29 is 8.42 Å². The molecule has 152 valence electrons. The Morgan fingerprint density at radius 2 is 1.52 bits per heavy atom. The van der Waals surface area contributed by atoms with Gasteiger partial charge in [-0.15, -0.1) is 0 Å². The van der Waals surface area contributed by atoms with E-state index in [0.717, 1.165) is 38.2 Å². The predicted molar refractivity (Wildman–Crippen MR) is 125 cm³/mol. The van der Waals surface area contributed by atoms with Crippen LogP contribution in [0.25, 0.3) is 32.7 Å². The molecular weight excluding hydrogens is 404 g/mol. The second-order valence-electron chi connectivity index (χ2n) is 7.39. The molecule has 1 heterocycles. The molecule has 0 aliphatic carbocycles. The second kappa shape index (κ2) is 7.95. The monoisotopic (exact) mass is 424 g/mol. The number of rotatable bonds is 5. The van der Waals surface area contributed by atoms with Gasteiger partial charge in [-0.05, 0) is 51.0 Å². The van der Waals surface area contributed by atoms with Crippen molar-refractivity contribution in [1.82, 2.24) is 9.71 Å². The van der Waals surface area contributed by atoms with Crippen molar-refractivity contribution in [3.05, 3.63) is 109 Å². The molecule has 4 nitrogen and oxygen atoms in total. The van der Waals surface area contributed by atoms with Crippen molar-refractivity contribution in [2.75, 3.05) is 0 Å². The highest BCUT2D eigenvalue weighted by Gasteiger charge is 2.16. The number of aromatic nitrogens is 1. The lowest BCUT2D eigenvalue weighted by atomic mass is 9.96. The molecule has 0 saturated carbocycles. The molecule has 0 radical (unpaired) electrons.